The lowest BCUT2D eigenvalue weighted by atomic mass is 9.91. The van der Waals surface area contributed by atoms with E-state index in [4.69, 9.17) is 10.5 Å². The zero-order chi connectivity index (χ0) is 16.9. The molecule has 6 heteroatoms. The third-order valence-electron chi connectivity index (χ3n) is 4.45. The number of nitrogens with two attached hydrogens (primary N) is 1. The Labute approximate surface area is 146 Å². The highest BCUT2D eigenvalue weighted by molar-refractivity contribution is 9.10. The zero-order valence-electron chi connectivity index (χ0n) is 13.8. The fourth-order valence-electron chi connectivity index (χ4n) is 2.78. The van der Waals surface area contributed by atoms with E-state index in [2.05, 4.69) is 26.1 Å². The summed E-state index contributed by atoms with van der Waals surface area (Å²) in [7, 11) is 1.72. The third-order valence-corrected chi connectivity index (χ3v) is 4.98. The highest BCUT2D eigenvalue weighted by atomic mass is 79.9. The van der Waals surface area contributed by atoms with Gasteiger partial charge in [0.25, 0.3) is 0 Å². The maximum atomic E-state index is 12.6. The van der Waals surface area contributed by atoms with Crippen LogP contribution >= 0.6 is 15.9 Å². The van der Waals surface area contributed by atoms with Crippen LogP contribution in [-0.4, -0.2) is 50.2 Å². The number of halogens is 1. The van der Waals surface area contributed by atoms with Gasteiger partial charge in [-0.25, -0.2) is 0 Å². The minimum Gasteiger partial charge on any atom is -0.383 e. The van der Waals surface area contributed by atoms with Crippen LogP contribution in [0.25, 0.3) is 0 Å². The number of nitrogens with one attached hydrogen (secondary N) is 1. The van der Waals surface area contributed by atoms with Crippen LogP contribution in [0.1, 0.15) is 25.3 Å². The maximum Gasteiger partial charge on any atom is 0.244 e. The van der Waals surface area contributed by atoms with Gasteiger partial charge in [0.05, 0.1) is 6.61 Å². The molecule has 1 heterocycles. The molecule has 0 bridgehead atoms. The first-order chi connectivity index (χ1) is 10.9. The van der Waals surface area contributed by atoms with Crippen molar-refractivity contribution >= 4 is 21.8 Å². The number of likely N-dealkylation sites (tertiary alicyclic amines) is 1. The number of nitrogens with zero attached hydrogens (tertiary/aromatic N) is 1. The van der Waals surface area contributed by atoms with Crippen LogP contribution in [0.2, 0.25) is 0 Å². The normalized spacial score (nSPS) is 19.3. The fraction of sp³-hybridized carbons (Fsp3) is 0.588. The van der Waals surface area contributed by atoms with E-state index in [1.807, 2.05) is 24.3 Å². The molecule has 1 saturated heterocycles. The Morgan fingerprint density at radius 3 is 2.57 bits per heavy atom. The smallest absolute Gasteiger partial charge is 0.244 e. The molecule has 2 rings (SSSR count). The maximum absolute atomic E-state index is 12.6. The lowest BCUT2D eigenvalue weighted by Gasteiger charge is -2.34. The second-order valence-electron chi connectivity index (χ2n) is 6.29. The SMILES string of the molecule is COCCN1CCC(NC(=O)C(C)(N)c2ccc(Br)cc2)CC1. The van der Waals surface area contributed by atoms with Gasteiger partial charge in [-0.3, -0.25) is 4.79 Å². The molecule has 1 unspecified atom stereocenters. The Balaban J connectivity index is 1.88. The van der Waals surface area contributed by atoms with E-state index in [9.17, 15) is 4.79 Å². The molecule has 1 aromatic rings. The second kappa shape index (κ2) is 8.24. The summed E-state index contributed by atoms with van der Waals surface area (Å²) in [6.45, 7) is 5.42. The van der Waals surface area contributed by atoms with Gasteiger partial charge < -0.3 is 20.7 Å². The van der Waals surface area contributed by atoms with Crippen LogP contribution in [0, 0.1) is 0 Å². The van der Waals surface area contributed by atoms with E-state index in [0.29, 0.717) is 0 Å². The van der Waals surface area contributed by atoms with Crippen molar-refractivity contribution in [1.82, 2.24) is 10.2 Å². The van der Waals surface area contributed by atoms with Crippen LogP contribution < -0.4 is 11.1 Å². The quantitative estimate of drug-likeness (QED) is 0.786. The van der Waals surface area contributed by atoms with Crippen molar-refractivity contribution in [2.75, 3.05) is 33.4 Å². The summed E-state index contributed by atoms with van der Waals surface area (Å²) >= 11 is 3.40. The van der Waals surface area contributed by atoms with E-state index < -0.39 is 5.54 Å². The van der Waals surface area contributed by atoms with E-state index >= 15 is 0 Å². The molecule has 3 N–H and O–H groups in total. The van der Waals surface area contributed by atoms with Crippen LogP contribution in [0.4, 0.5) is 0 Å². The van der Waals surface area contributed by atoms with Gasteiger partial charge in [-0.15, -0.1) is 0 Å². The molecule has 5 nitrogen and oxygen atoms in total. The van der Waals surface area contributed by atoms with Gasteiger partial charge in [0, 0.05) is 37.3 Å². The molecule has 1 aliphatic rings. The van der Waals surface area contributed by atoms with E-state index in [1.165, 1.54) is 0 Å². The Morgan fingerprint density at radius 2 is 2.00 bits per heavy atom. The van der Waals surface area contributed by atoms with Gasteiger partial charge in [0.1, 0.15) is 5.54 Å². The van der Waals surface area contributed by atoms with Crippen LogP contribution in [0.3, 0.4) is 0 Å². The molecule has 0 radical (unpaired) electrons. The van der Waals surface area contributed by atoms with Gasteiger partial charge in [-0.1, -0.05) is 28.1 Å². The predicted octanol–water partition coefficient (Wildman–Crippen LogP) is 1.85. The van der Waals surface area contributed by atoms with Gasteiger partial charge in [0.15, 0.2) is 0 Å². The number of methoxy groups -OCH3 is 1. The molecular weight excluding hydrogens is 358 g/mol. The van der Waals surface area contributed by atoms with Crippen molar-refractivity contribution in [3.05, 3.63) is 34.3 Å². The Morgan fingerprint density at radius 1 is 1.39 bits per heavy atom. The summed E-state index contributed by atoms with van der Waals surface area (Å²) in [4.78, 5) is 15.0. The summed E-state index contributed by atoms with van der Waals surface area (Å²) in [5.74, 6) is -0.116. The first-order valence-electron chi connectivity index (χ1n) is 8.00. The number of ether oxygens (including phenoxy) is 1. The Kier molecular flexibility index (Phi) is 6.59. The highest BCUT2D eigenvalue weighted by Crippen LogP contribution is 2.21. The van der Waals surface area contributed by atoms with Gasteiger partial charge in [-0.05, 0) is 37.5 Å². The number of piperidine rings is 1. The molecule has 1 aromatic carbocycles. The number of carbonyl (C=O) groups is 1. The van der Waals surface area contributed by atoms with Crippen molar-refractivity contribution in [3.8, 4) is 0 Å². The predicted molar refractivity (Wildman–Crippen MR) is 95.2 cm³/mol. The van der Waals surface area contributed by atoms with E-state index in [1.54, 1.807) is 14.0 Å². The standard InChI is InChI=1S/C17H26BrN3O2/c1-17(19,13-3-5-14(18)6-4-13)16(22)20-15-7-9-21(10-8-15)11-12-23-2/h3-6,15H,7-12,19H2,1-2H3,(H,20,22). The number of benzene rings is 1. The van der Waals surface area contributed by atoms with Crippen molar-refractivity contribution in [3.63, 3.8) is 0 Å². The topological polar surface area (TPSA) is 67.6 Å². The lowest BCUT2D eigenvalue weighted by Crippen LogP contribution is -2.54. The first kappa shape index (κ1) is 18.4. The molecule has 0 spiro atoms. The number of rotatable bonds is 6. The number of hydrogen-bond donors (Lipinski definition) is 2. The molecule has 0 saturated carbocycles. The van der Waals surface area contributed by atoms with Crippen molar-refractivity contribution in [2.24, 2.45) is 5.73 Å². The molecule has 1 fully saturated rings. The Hall–Kier alpha value is -0.950. The molecule has 1 atom stereocenters. The summed E-state index contributed by atoms with van der Waals surface area (Å²) in [5.41, 5.74) is 6.08. The van der Waals surface area contributed by atoms with Gasteiger partial charge in [0.2, 0.25) is 5.91 Å². The Bertz CT molecular complexity index is 511. The summed E-state index contributed by atoms with van der Waals surface area (Å²) in [5, 5.41) is 3.12. The van der Waals surface area contributed by atoms with Crippen LogP contribution in [0.15, 0.2) is 28.7 Å². The van der Waals surface area contributed by atoms with Crippen molar-refractivity contribution in [2.45, 2.75) is 31.3 Å². The monoisotopic (exact) mass is 383 g/mol. The second-order valence-corrected chi connectivity index (χ2v) is 7.21. The summed E-state index contributed by atoms with van der Waals surface area (Å²) in [6, 6.07) is 7.78. The average molecular weight is 384 g/mol. The molecule has 0 aliphatic carbocycles. The number of carbonyl (C=O) groups excluding carboxylic acids is 1. The molecule has 1 amide bonds. The zero-order valence-corrected chi connectivity index (χ0v) is 15.4. The molecule has 0 aromatic heterocycles. The largest absolute Gasteiger partial charge is 0.383 e. The minimum atomic E-state index is -1.02. The van der Waals surface area contributed by atoms with Crippen LogP contribution in [-0.2, 0) is 15.1 Å². The van der Waals surface area contributed by atoms with Crippen LogP contribution in [0.5, 0.6) is 0 Å². The summed E-state index contributed by atoms with van der Waals surface area (Å²) < 4.78 is 6.08. The van der Waals surface area contributed by atoms with E-state index in [0.717, 1.165) is 49.1 Å². The number of amides is 1. The molecule has 128 valence electrons. The molecule has 1 aliphatic heterocycles. The third kappa shape index (κ3) is 5.01. The fourth-order valence-corrected chi connectivity index (χ4v) is 3.05. The lowest BCUT2D eigenvalue weighted by molar-refractivity contribution is -0.127. The first-order valence-corrected chi connectivity index (χ1v) is 8.80. The van der Waals surface area contributed by atoms with Crippen molar-refractivity contribution in [1.29, 1.82) is 0 Å². The summed E-state index contributed by atoms with van der Waals surface area (Å²) in [6.07, 6.45) is 1.90. The van der Waals surface area contributed by atoms with Gasteiger partial charge >= 0.3 is 0 Å². The molecule has 23 heavy (non-hydrogen) atoms. The van der Waals surface area contributed by atoms with E-state index in [-0.39, 0.29) is 11.9 Å². The highest BCUT2D eigenvalue weighted by Gasteiger charge is 2.32. The average Bonchev–Trinajstić information content (AvgIpc) is 2.54. The molecular formula is C17H26BrN3O2. The van der Waals surface area contributed by atoms with Crippen molar-refractivity contribution < 1.29 is 9.53 Å². The minimum absolute atomic E-state index is 0.116. The number of hydrogen-bond acceptors (Lipinski definition) is 4. The van der Waals surface area contributed by atoms with Gasteiger partial charge in [-0.2, -0.15) is 0 Å².